The zero-order chi connectivity index (χ0) is 9.90. The molecule has 0 radical (unpaired) electrons. The van der Waals surface area contributed by atoms with Gasteiger partial charge in [-0.15, -0.1) is 0 Å². The molecule has 0 heterocycles. The monoisotopic (exact) mass is 236 g/mol. The lowest BCUT2D eigenvalue weighted by atomic mass is 9.99. The largest absolute Gasteiger partial charge is 0.191 e. The van der Waals surface area contributed by atoms with Gasteiger partial charge in [0.25, 0.3) is 0 Å². The first-order valence-electron chi connectivity index (χ1n) is 4.11. The Balaban J connectivity index is 2.64. The van der Waals surface area contributed by atoms with Crippen LogP contribution in [0.25, 0.3) is 0 Å². The maximum Gasteiger partial charge on any atom is 0.191 e. The van der Waals surface area contributed by atoms with Gasteiger partial charge in [0.2, 0.25) is 0 Å². The van der Waals surface area contributed by atoms with E-state index < -0.39 is 3.79 Å². The minimum absolute atomic E-state index is 0.272. The summed E-state index contributed by atoms with van der Waals surface area (Å²) in [4.78, 5) is 0. The number of rotatable bonds is 2. The van der Waals surface area contributed by atoms with Crippen LogP contribution in [0.5, 0.6) is 0 Å². The topological polar surface area (TPSA) is 0 Å². The van der Waals surface area contributed by atoms with Crippen molar-refractivity contribution < 1.29 is 0 Å². The van der Waals surface area contributed by atoms with E-state index in [0.717, 1.165) is 0 Å². The van der Waals surface area contributed by atoms with Gasteiger partial charge < -0.3 is 0 Å². The lowest BCUT2D eigenvalue weighted by Crippen LogP contribution is -2.07. The molecule has 1 aromatic rings. The molecule has 0 fully saturated rings. The van der Waals surface area contributed by atoms with Crippen LogP contribution >= 0.6 is 34.8 Å². The van der Waals surface area contributed by atoms with Gasteiger partial charge >= 0.3 is 0 Å². The van der Waals surface area contributed by atoms with Crippen LogP contribution in [0.4, 0.5) is 0 Å². The van der Waals surface area contributed by atoms with Crippen LogP contribution in [0.15, 0.2) is 30.3 Å². The molecule has 72 valence electrons. The third-order valence-corrected chi connectivity index (χ3v) is 2.37. The second kappa shape index (κ2) is 4.54. The standard InChI is InChI=1S/C10H11Cl3/c1-8(7-10(11,12)13)9-5-3-2-4-6-9/h2-6,8H,7H2,1H3. The molecule has 0 saturated carbocycles. The Morgan fingerprint density at radius 1 is 1.15 bits per heavy atom. The van der Waals surface area contributed by atoms with E-state index in [4.69, 9.17) is 34.8 Å². The average Bonchev–Trinajstić information content (AvgIpc) is 2.03. The van der Waals surface area contributed by atoms with E-state index in [2.05, 4.69) is 6.92 Å². The fourth-order valence-corrected chi connectivity index (χ4v) is 1.94. The van der Waals surface area contributed by atoms with Crippen molar-refractivity contribution in [3.8, 4) is 0 Å². The second-order valence-electron chi connectivity index (χ2n) is 3.13. The molecule has 0 aliphatic heterocycles. The van der Waals surface area contributed by atoms with Gasteiger partial charge in [0.1, 0.15) is 0 Å². The number of benzene rings is 1. The molecular weight excluding hydrogens is 226 g/mol. The molecule has 0 aliphatic rings. The third kappa shape index (κ3) is 4.21. The van der Waals surface area contributed by atoms with Crippen LogP contribution in [0.2, 0.25) is 0 Å². The van der Waals surface area contributed by atoms with Crippen molar-refractivity contribution in [2.45, 2.75) is 23.1 Å². The van der Waals surface area contributed by atoms with E-state index in [1.165, 1.54) is 5.56 Å². The van der Waals surface area contributed by atoms with Crippen LogP contribution in [0, 0.1) is 0 Å². The minimum Gasteiger partial charge on any atom is -0.0837 e. The van der Waals surface area contributed by atoms with Gasteiger partial charge in [0.15, 0.2) is 3.79 Å². The highest BCUT2D eigenvalue weighted by atomic mass is 35.6. The van der Waals surface area contributed by atoms with Crippen molar-refractivity contribution in [2.75, 3.05) is 0 Å². The lowest BCUT2D eigenvalue weighted by Gasteiger charge is -2.17. The molecule has 0 aromatic heterocycles. The molecule has 0 bridgehead atoms. The summed E-state index contributed by atoms with van der Waals surface area (Å²) in [6.07, 6.45) is 0.543. The van der Waals surface area contributed by atoms with Crippen molar-refractivity contribution in [1.29, 1.82) is 0 Å². The summed E-state index contributed by atoms with van der Waals surface area (Å²) in [7, 11) is 0. The third-order valence-electron chi connectivity index (χ3n) is 1.91. The molecule has 1 aromatic carbocycles. The fourth-order valence-electron chi connectivity index (χ4n) is 1.25. The summed E-state index contributed by atoms with van der Waals surface area (Å²) >= 11 is 17.1. The van der Waals surface area contributed by atoms with Crippen LogP contribution in [0.1, 0.15) is 24.8 Å². The van der Waals surface area contributed by atoms with E-state index in [1.54, 1.807) is 0 Å². The van der Waals surface area contributed by atoms with Crippen molar-refractivity contribution >= 4 is 34.8 Å². The molecule has 1 atom stereocenters. The zero-order valence-electron chi connectivity index (χ0n) is 7.31. The Hall–Kier alpha value is 0.0900. The molecule has 0 saturated heterocycles. The molecule has 0 amide bonds. The highest BCUT2D eigenvalue weighted by molar-refractivity contribution is 6.67. The molecule has 3 heteroatoms. The first-order chi connectivity index (χ1) is 5.99. The van der Waals surface area contributed by atoms with Crippen molar-refractivity contribution in [1.82, 2.24) is 0 Å². The van der Waals surface area contributed by atoms with Crippen molar-refractivity contribution in [3.05, 3.63) is 35.9 Å². The summed E-state index contributed by atoms with van der Waals surface area (Å²) in [6.45, 7) is 2.05. The Morgan fingerprint density at radius 3 is 2.15 bits per heavy atom. The average molecular weight is 238 g/mol. The molecule has 0 spiro atoms. The summed E-state index contributed by atoms with van der Waals surface area (Å²) in [5, 5.41) is 0. The Morgan fingerprint density at radius 2 is 1.69 bits per heavy atom. The predicted molar refractivity (Wildman–Crippen MR) is 59.8 cm³/mol. The van der Waals surface area contributed by atoms with Crippen LogP contribution in [-0.4, -0.2) is 3.79 Å². The Labute approximate surface area is 93.8 Å². The summed E-state index contributed by atoms with van der Waals surface area (Å²) in [5.41, 5.74) is 1.20. The Kier molecular flexibility index (Phi) is 3.90. The SMILES string of the molecule is CC(CC(Cl)(Cl)Cl)c1ccccc1. The first kappa shape index (κ1) is 11.2. The number of alkyl halides is 3. The maximum absolute atomic E-state index is 5.71. The maximum atomic E-state index is 5.71. The number of halogens is 3. The van der Waals surface area contributed by atoms with Gasteiger partial charge in [-0.25, -0.2) is 0 Å². The number of hydrogen-bond acceptors (Lipinski definition) is 0. The second-order valence-corrected chi connectivity index (χ2v) is 5.65. The molecule has 1 unspecified atom stereocenters. The molecule has 0 aliphatic carbocycles. The summed E-state index contributed by atoms with van der Waals surface area (Å²) in [6, 6.07) is 10.0. The molecular formula is C10H11Cl3. The van der Waals surface area contributed by atoms with Crippen LogP contribution in [0.3, 0.4) is 0 Å². The van der Waals surface area contributed by atoms with Gasteiger partial charge in [-0.2, -0.15) is 0 Å². The summed E-state index contributed by atoms with van der Waals surface area (Å²) in [5.74, 6) is 0.272. The first-order valence-corrected chi connectivity index (χ1v) is 5.24. The van der Waals surface area contributed by atoms with E-state index in [-0.39, 0.29) is 5.92 Å². The van der Waals surface area contributed by atoms with E-state index in [9.17, 15) is 0 Å². The van der Waals surface area contributed by atoms with Gasteiger partial charge in [0.05, 0.1) is 0 Å². The smallest absolute Gasteiger partial charge is 0.0837 e. The molecule has 0 nitrogen and oxygen atoms in total. The molecule has 13 heavy (non-hydrogen) atoms. The van der Waals surface area contributed by atoms with Gasteiger partial charge in [0, 0.05) is 6.42 Å². The highest BCUT2D eigenvalue weighted by Gasteiger charge is 2.23. The van der Waals surface area contributed by atoms with Gasteiger partial charge in [-0.05, 0) is 11.5 Å². The Bertz CT molecular complexity index is 251. The van der Waals surface area contributed by atoms with Crippen LogP contribution in [-0.2, 0) is 0 Å². The van der Waals surface area contributed by atoms with E-state index in [1.807, 2.05) is 30.3 Å². The summed E-state index contributed by atoms with van der Waals surface area (Å²) < 4.78 is -1.16. The zero-order valence-corrected chi connectivity index (χ0v) is 9.57. The van der Waals surface area contributed by atoms with Crippen molar-refractivity contribution in [3.63, 3.8) is 0 Å². The normalized spacial score (nSPS) is 14.2. The van der Waals surface area contributed by atoms with Crippen LogP contribution < -0.4 is 0 Å². The fraction of sp³-hybridized carbons (Fsp3) is 0.400. The minimum atomic E-state index is -1.16. The van der Waals surface area contributed by atoms with E-state index in [0.29, 0.717) is 6.42 Å². The van der Waals surface area contributed by atoms with E-state index >= 15 is 0 Å². The quantitative estimate of drug-likeness (QED) is 0.662. The molecule has 1 rings (SSSR count). The highest BCUT2D eigenvalue weighted by Crippen LogP contribution is 2.36. The molecule has 0 N–H and O–H groups in total. The number of hydrogen-bond donors (Lipinski definition) is 0. The lowest BCUT2D eigenvalue weighted by molar-refractivity contribution is 0.695. The predicted octanol–water partition coefficient (Wildman–Crippen LogP) is 4.55. The van der Waals surface area contributed by atoms with Crippen molar-refractivity contribution in [2.24, 2.45) is 0 Å². The van der Waals surface area contributed by atoms with Gasteiger partial charge in [-0.1, -0.05) is 72.1 Å². The van der Waals surface area contributed by atoms with Gasteiger partial charge in [-0.3, -0.25) is 0 Å².